The highest BCUT2D eigenvalue weighted by atomic mass is 16.3. The van der Waals surface area contributed by atoms with Gasteiger partial charge in [-0.05, 0) is 51.0 Å². The van der Waals surface area contributed by atoms with Gasteiger partial charge in [0.1, 0.15) is 5.82 Å². The zero-order valence-electron chi connectivity index (χ0n) is 16.1. The van der Waals surface area contributed by atoms with E-state index in [4.69, 9.17) is 9.40 Å². The maximum Gasteiger partial charge on any atom is 0.289 e. The van der Waals surface area contributed by atoms with E-state index in [1.165, 1.54) is 6.26 Å². The van der Waals surface area contributed by atoms with Gasteiger partial charge >= 0.3 is 0 Å². The van der Waals surface area contributed by atoms with Crippen LogP contribution in [0, 0.1) is 13.8 Å². The summed E-state index contributed by atoms with van der Waals surface area (Å²) in [5.74, 6) is 1.87. The molecule has 28 heavy (non-hydrogen) atoms. The minimum absolute atomic E-state index is 0.0450. The fraction of sp³-hybridized carbons (Fsp3) is 0.333. The van der Waals surface area contributed by atoms with E-state index in [1.807, 2.05) is 30.9 Å². The van der Waals surface area contributed by atoms with Gasteiger partial charge in [0.15, 0.2) is 11.6 Å². The molecule has 0 aromatic carbocycles. The lowest BCUT2D eigenvalue weighted by atomic mass is 10.0. The van der Waals surface area contributed by atoms with Gasteiger partial charge in [0.2, 0.25) is 0 Å². The number of furan rings is 1. The molecule has 0 spiro atoms. The highest BCUT2D eigenvalue weighted by Gasteiger charge is 2.25. The summed E-state index contributed by atoms with van der Waals surface area (Å²) in [6.07, 6.45) is 6.75. The van der Waals surface area contributed by atoms with Crippen LogP contribution in [0.1, 0.15) is 34.7 Å². The third-order valence-electron chi connectivity index (χ3n) is 5.16. The normalized spacial score (nSPS) is 14.9. The van der Waals surface area contributed by atoms with E-state index in [9.17, 15) is 4.79 Å². The second-order valence-corrected chi connectivity index (χ2v) is 7.04. The van der Waals surface area contributed by atoms with Crippen molar-refractivity contribution in [1.29, 1.82) is 0 Å². The number of hydrogen-bond donors (Lipinski definition) is 1. The van der Waals surface area contributed by atoms with Crippen LogP contribution < -0.4 is 5.32 Å². The number of pyridine rings is 1. The molecule has 0 unspecified atom stereocenters. The van der Waals surface area contributed by atoms with Crippen molar-refractivity contribution in [3.63, 3.8) is 0 Å². The maximum absolute atomic E-state index is 12.4. The minimum Gasteiger partial charge on any atom is -0.459 e. The minimum atomic E-state index is -0.0450. The van der Waals surface area contributed by atoms with Gasteiger partial charge in [-0.25, -0.2) is 9.97 Å². The van der Waals surface area contributed by atoms with E-state index in [0.29, 0.717) is 24.7 Å². The molecule has 4 heterocycles. The number of carbonyl (C=O) groups excluding carboxylic acids is 1. The lowest BCUT2D eigenvalue weighted by molar-refractivity contribution is 0.0686. The standard InChI is InChI=1S/C21H23N5O2/c1-14-15(2)23-20(16-5-3-9-22-13-16)25-19(14)24-17-7-10-26(11-8-17)21(27)18-6-4-12-28-18/h3-6,9,12-13,17H,7-8,10-11H2,1-2H3,(H,23,24,25). The van der Waals surface area contributed by atoms with Gasteiger partial charge in [-0.3, -0.25) is 9.78 Å². The van der Waals surface area contributed by atoms with E-state index in [1.54, 1.807) is 24.5 Å². The molecular weight excluding hydrogens is 354 g/mol. The number of likely N-dealkylation sites (tertiary alicyclic amines) is 1. The Morgan fingerprint density at radius 3 is 2.68 bits per heavy atom. The second kappa shape index (κ2) is 7.80. The van der Waals surface area contributed by atoms with Crippen molar-refractivity contribution in [3.05, 3.63) is 59.9 Å². The van der Waals surface area contributed by atoms with Crippen LogP contribution in [-0.4, -0.2) is 44.9 Å². The molecule has 0 aliphatic carbocycles. The van der Waals surface area contributed by atoms with Crippen LogP contribution in [0.4, 0.5) is 5.82 Å². The zero-order valence-corrected chi connectivity index (χ0v) is 16.1. The van der Waals surface area contributed by atoms with Crippen LogP contribution in [0.3, 0.4) is 0 Å². The first kappa shape index (κ1) is 18.2. The first-order valence-electron chi connectivity index (χ1n) is 9.47. The number of nitrogens with zero attached hydrogens (tertiary/aromatic N) is 4. The van der Waals surface area contributed by atoms with Gasteiger partial charge in [0.05, 0.1) is 6.26 Å². The first-order chi connectivity index (χ1) is 13.6. The summed E-state index contributed by atoms with van der Waals surface area (Å²) in [5.41, 5.74) is 2.89. The molecule has 0 radical (unpaired) electrons. The average Bonchev–Trinajstić information content (AvgIpc) is 3.27. The zero-order chi connectivity index (χ0) is 19.5. The summed E-state index contributed by atoms with van der Waals surface area (Å²) in [5, 5.41) is 3.56. The smallest absolute Gasteiger partial charge is 0.289 e. The Bertz CT molecular complexity index is 948. The van der Waals surface area contributed by atoms with Crippen molar-refractivity contribution in [2.24, 2.45) is 0 Å². The van der Waals surface area contributed by atoms with Gasteiger partial charge in [-0.2, -0.15) is 0 Å². The SMILES string of the molecule is Cc1nc(-c2cccnc2)nc(NC2CCN(C(=O)c3ccco3)CC2)c1C. The third kappa shape index (κ3) is 3.74. The Balaban J connectivity index is 1.45. The molecule has 3 aromatic rings. The van der Waals surface area contributed by atoms with Gasteiger partial charge in [0.25, 0.3) is 5.91 Å². The fourth-order valence-corrected chi connectivity index (χ4v) is 3.37. The van der Waals surface area contributed by atoms with Gasteiger partial charge in [-0.1, -0.05) is 0 Å². The summed E-state index contributed by atoms with van der Waals surface area (Å²) in [6, 6.07) is 7.54. The Kier molecular flexibility index (Phi) is 5.06. The van der Waals surface area contributed by atoms with E-state index in [2.05, 4.69) is 15.3 Å². The van der Waals surface area contributed by atoms with Crippen LogP contribution in [0.5, 0.6) is 0 Å². The molecular formula is C21H23N5O2. The number of anilines is 1. The molecule has 0 bridgehead atoms. The lowest BCUT2D eigenvalue weighted by Crippen LogP contribution is -2.42. The maximum atomic E-state index is 12.4. The summed E-state index contributed by atoms with van der Waals surface area (Å²) in [7, 11) is 0. The number of rotatable bonds is 4. The predicted octanol–water partition coefficient (Wildman–Crippen LogP) is 3.47. The molecule has 144 valence electrons. The van der Waals surface area contributed by atoms with Crippen LogP contribution >= 0.6 is 0 Å². The van der Waals surface area contributed by atoms with E-state index in [0.717, 1.165) is 35.5 Å². The van der Waals surface area contributed by atoms with Crippen molar-refractivity contribution < 1.29 is 9.21 Å². The number of aryl methyl sites for hydroxylation is 1. The molecule has 7 heteroatoms. The molecule has 3 aromatic heterocycles. The highest BCUT2D eigenvalue weighted by molar-refractivity contribution is 5.91. The van der Waals surface area contributed by atoms with Crippen LogP contribution in [0.2, 0.25) is 0 Å². The fourth-order valence-electron chi connectivity index (χ4n) is 3.37. The van der Waals surface area contributed by atoms with Crippen molar-refractivity contribution in [3.8, 4) is 11.4 Å². The Morgan fingerprint density at radius 2 is 2.00 bits per heavy atom. The molecule has 7 nitrogen and oxygen atoms in total. The summed E-state index contributed by atoms with van der Waals surface area (Å²) < 4.78 is 5.23. The third-order valence-corrected chi connectivity index (χ3v) is 5.16. The quantitative estimate of drug-likeness (QED) is 0.749. The Hall–Kier alpha value is -3.22. The van der Waals surface area contributed by atoms with E-state index in [-0.39, 0.29) is 11.9 Å². The summed E-state index contributed by atoms with van der Waals surface area (Å²) in [6.45, 7) is 5.40. The van der Waals surface area contributed by atoms with E-state index >= 15 is 0 Å². The monoisotopic (exact) mass is 377 g/mol. The summed E-state index contributed by atoms with van der Waals surface area (Å²) in [4.78, 5) is 27.8. The summed E-state index contributed by atoms with van der Waals surface area (Å²) >= 11 is 0. The molecule has 1 aliphatic rings. The van der Waals surface area contributed by atoms with Crippen molar-refractivity contribution in [1.82, 2.24) is 19.9 Å². The van der Waals surface area contributed by atoms with Crippen LogP contribution in [0.15, 0.2) is 47.3 Å². The largest absolute Gasteiger partial charge is 0.459 e. The predicted molar refractivity (Wildman–Crippen MR) is 106 cm³/mol. The number of carbonyl (C=O) groups is 1. The molecule has 0 atom stereocenters. The lowest BCUT2D eigenvalue weighted by Gasteiger charge is -2.32. The second-order valence-electron chi connectivity index (χ2n) is 7.04. The molecule has 1 amide bonds. The Labute approximate surface area is 163 Å². The average molecular weight is 377 g/mol. The van der Waals surface area contributed by atoms with Crippen LogP contribution in [-0.2, 0) is 0 Å². The van der Waals surface area contributed by atoms with Crippen LogP contribution in [0.25, 0.3) is 11.4 Å². The number of hydrogen-bond acceptors (Lipinski definition) is 6. The van der Waals surface area contributed by atoms with Gasteiger partial charge in [0, 0.05) is 48.3 Å². The van der Waals surface area contributed by atoms with Crippen molar-refractivity contribution >= 4 is 11.7 Å². The van der Waals surface area contributed by atoms with Crippen molar-refractivity contribution in [2.75, 3.05) is 18.4 Å². The number of aromatic nitrogens is 3. The molecule has 1 aliphatic heterocycles. The van der Waals surface area contributed by atoms with Crippen molar-refractivity contribution in [2.45, 2.75) is 32.7 Å². The number of piperidine rings is 1. The molecule has 4 rings (SSSR count). The molecule has 0 saturated carbocycles. The van der Waals surface area contributed by atoms with Gasteiger partial charge in [-0.15, -0.1) is 0 Å². The first-order valence-corrected chi connectivity index (χ1v) is 9.47. The molecule has 1 fully saturated rings. The number of nitrogens with one attached hydrogen (secondary N) is 1. The van der Waals surface area contributed by atoms with E-state index < -0.39 is 0 Å². The molecule has 1 saturated heterocycles. The highest BCUT2D eigenvalue weighted by Crippen LogP contribution is 2.24. The molecule has 1 N–H and O–H groups in total. The van der Waals surface area contributed by atoms with Gasteiger partial charge < -0.3 is 14.6 Å². The topological polar surface area (TPSA) is 84.2 Å². The Morgan fingerprint density at radius 1 is 1.18 bits per heavy atom. The number of amides is 1.